The van der Waals surface area contributed by atoms with Gasteiger partial charge in [-0.2, -0.15) is 0 Å². The minimum absolute atomic E-state index is 0.451. The van der Waals surface area contributed by atoms with Gasteiger partial charge < -0.3 is 9.88 Å². The predicted octanol–water partition coefficient (Wildman–Crippen LogP) is 0.621. The topological polar surface area (TPSA) is 42.7 Å². The predicted molar refractivity (Wildman–Crippen MR) is 48.0 cm³/mol. The molecule has 0 saturated heterocycles. The van der Waals surface area contributed by atoms with Crippen LogP contribution in [0.4, 0.5) is 0 Å². The number of nitrogens with zero attached hydrogens (tertiary/aromatic N) is 3. The molecule has 4 heteroatoms. The lowest BCUT2D eigenvalue weighted by Crippen LogP contribution is -2.14. The van der Waals surface area contributed by atoms with E-state index in [2.05, 4.69) is 33.9 Å². The molecule has 0 fully saturated rings. The maximum absolute atomic E-state index is 4.05. The molecule has 0 unspecified atom stereocenters. The van der Waals surface area contributed by atoms with Crippen LogP contribution in [0.3, 0.4) is 0 Å². The first-order valence-electron chi connectivity index (χ1n) is 4.28. The third kappa shape index (κ3) is 2.04. The number of aromatic nitrogens is 3. The van der Waals surface area contributed by atoms with E-state index < -0.39 is 0 Å². The van der Waals surface area contributed by atoms with Crippen molar-refractivity contribution in [3.63, 3.8) is 0 Å². The molecule has 0 aliphatic rings. The quantitative estimate of drug-likeness (QED) is 0.716. The van der Waals surface area contributed by atoms with Gasteiger partial charge in [0.2, 0.25) is 0 Å². The Morgan fingerprint density at radius 1 is 1.58 bits per heavy atom. The summed E-state index contributed by atoms with van der Waals surface area (Å²) in [6.45, 7) is 5.21. The van der Waals surface area contributed by atoms with Crippen molar-refractivity contribution >= 4 is 0 Å². The summed E-state index contributed by atoms with van der Waals surface area (Å²) in [5, 5.41) is 11.0. The Bertz CT molecular complexity index is 229. The number of likely N-dealkylation sites (N-methyl/N-ethyl adjacent to an activating group) is 1. The van der Waals surface area contributed by atoms with Crippen LogP contribution < -0.4 is 5.32 Å². The first kappa shape index (κ1) is 9.19. The van der Waals surface area contributed by atoms with Gasteiger partial charge in [0.1, 0.15) is 12.2 Å². The van der Waals surface area contributed by atoms with Crippen molar-refractivity contribution in [2.45, 2.75) is 26.3 Å². The van der Waals surface area contributed by atoms with E-state index in [1.165, 1.54) is 0 Å². The second-order valence-corrected chi connectivity index (χ2v) is 3.10. The standard InChI is InChI=1S/C8H16N4/c1-7(2)12-6-10-11-8(12)4-5-9-3/h6-7,9H,4-5H2,1-3H3. The van der Waals surface area contributed by atoms with E-state index in [9.17, 15) is 0 Å². The lowest BCUT2D eigenvalue weighted by molar-refractivity contribution is 0.561. The molecule has 1 N–H and O–H groups in total. The molecule has 0 atom stereocenters. The summed E-state index contributed by atoms with van der Waals surface area (Å²) in [6.07, 6.45) is 2.73. The fourth-order valence-corrected chi connectivity index (χ4v) is 1.11. The van der Waals surface area contributed by atoms with Gasteiger partial charge in [-0.25, -0.2) is 0 Å². The van der Waals surface area contributed by atoms with Gasteiger partial charge in [-0.3, -0.25) is 0 Å². The van der Waals surface area contributed by atoms with Crippen molar-refractivity contribution < 1.29 is 0 Å². The molecule has 0 amide bonds. The van der Waals surface area contributed by atoms with Crippen LogP contribution in [0.5, 0.6) is 0 Å². The second kappa shape index (κ2) is 4.21. The van der Waals surface area contributed by atoms with E-state index in [1.54, 1.807) is 6.33 Å². The fraction of sp³-hybridized carbons (Fsp3) is 0.750. The molecule has 4 nitrogen and oxygen atoms in total. The zero-order valence-electron chi connectivity index (χ0n) is 7.91. The summed E-state index contributed by atoms with van der Waals surface area (Å²) in [5.41, 5.74) is 0. The zero-order valence-corrected chi connectivity index (χ0v) is 7.91. The van der Waals surface area contributed by atoms with Crippen molar-refractivity contribution in [2.24, 2.45) is 0 Å². The highest BCUT2D eigenvalue weighted by Crippen LogP contribution is 2.05. The van der Waals surface area contributed by atoms with Crippen LogP contribution in [0, 0.1) is 0 Å². The minimum Gasteiger partial charge on any atom is -0.319 e. The van der Waals surface area contributed by atoms with Crippen LogP contribution in [0.1, 0.15) is 25.7 Å². The van der Waals surface area contributed by atoms with Crippen LogP contribution >= 0.6 is 0 Å². The van der Waals surface area contributed by atoms with E-state index in [0.29, 0.717) is 6.04 Å². The summed E-state index contributed by atoms with van der Waals surface area (Å²) >= 11 is 0. The lowest BCUT2D eigenvalue weighted by atomic mass is 10.3. The van der Waals surface area contributed by atoms with Gasteiger partial charge in [-0.1, -0.05) is 0 Å². The molecule has 1 aromatic heterocycles. The highest BCUT2D eigenvalue weighted by Gasteiger charge is 2.05. The molecule has 12 heavy (non-hydrogen) atoms. The van der Waals surface area contributed by atoms with Gasteiger partial charge in [-0.15, -0.1) is 10.2 Å². The molecule has 0 bridgehead atoms. The van der Waals surface area contributed by atoms with Crippen molar-refractivity contribution in [2.75, 3.05) is 13.6 Å². The molecule has 0 radical (unpaired) electrons. The molecule has 1 rings (SSSR count). The second-order valence-electron chi connectivity index (χ2n) is 3.10. The molecule has 1 aromatic rings. The SMILES string of the molecule is CNCCc1nncn1C(C)C. The Labute approximate surface area is 73.0 Å². The average Bonchev–Trinajstić information content (AvgIpc) is 2.48. The summed E-state index contributed by atoms with van der Waals surface area (Å²) < 4.78 is 2.09. The molecule has 0 aliphatic carbocycles. The van der Waals surface area contributed by atoms with Crippen molar-refractivity contribution in [1.29, 1.82) is 0 Å². The lowest BCUT2D eigenvalue weighted by Gasteiger charge is -2.09. The highest BCUT2D eigenvalue weighted by atomic mass is 15.3. The Kier molecular flexibility index (Phi) is 3.22. The summed E-state index contributed by atoms with van der Waals surface area (Å²) in [4.78, 5) is 0. The molecule has 0 spiro atoms. The van der Waals surface area contributed by atoms with Crippen molar-refractivity contribution in [3.05, 3.63) is 12.2 Å². The number of rotatable bonds is 4. The smallest absolute Gasteiger partial charge is 0.134 e. The van der Waals surface area contributed by atoms with Crippen LogP contribution in [0.25, 0.3) is 0 Å². The number of hydrogen-bond donors (Lipinski definition) is 1. The molecular weight excluding hydrogens is 152 g/mol. The summed E-state index contributed by atoms with van der Waals surface area (Å²) in [6, 6.07) is 0.451. The largest absolute Gasteiger partial charge is 0.319 e. The van der Waals surface area contributed by atoms with Gasteiger partial charge in [-0.05, 0) is 20.9 Å². The van der Waals surface area contributed by atoms with E-state index in [4.69, 9.17) is 0 Å². The van der Waals surface area contributed by atoms with Crippen LogP contribution in [-0.2, 0) is 6.42 Å². The van der Waals surface area contributed by atoms with Crippen LogP contribution in [0.2, 0.25) is 0 Å². The van der Waals surface area contributed by atoms with Gasteiger partial charge >= 0.3 is 0 Å². The van der Waals surface area contributed by atoms with E-state index in [0.717, 1.165) is 18.8 Å². The molecule has 68 valence electrons. The Morgan fingerprint density at radius 3 is 2.92 bits per heavy atom. The molecule has 1 heterocycles. The Balaban J connectivity index is 2.64. The minimum atomic E-state index is 0.451. The molecular formula is C8H16N4. The third-order valence-electron chi connectivity index (χ3n) is 1.80. The maximum atomic E-state index is 4.05. The number of nitrogens with one attached hydrogen (secondary N) is 1. The average molecular weight is 168 g/mol. The van der Waals surface area contributed by atoms with Crippen molar-refractivity contribution in [3.8, 4) is 0 Å². The van der Waals surface area contributed by atoms with Gasteiger partial charge in [0.05, 0.1) is 0 Å². The third-order valence-corrected chi connectivity index (χ3v) is 1.80. The van der Waals surface area contributed by atoms with Crippen molar-refractivity contribution in [1.82, 2.24) is 20.1 Å². The first-order valence-corrected chi connectivity index (χ1v) is 4.28. The molecule has 0 aromatic carbocycles. The van der Waals surface area contributed by atoms with Crippen LogP contribution in [-0.4, -0.2) is 28.4 Å². The van der Waals surface area contributed by atoms with E-state index in [-0.39, 0.29) is 0 Å². The molecule has 0 saturated carbocycles. The summed E-state index contributed by atoms with van der Waals surface area (Å²) in [5.74, 6) is 1.05. The van der Waals surface area contributed by atoms with Gasteiger partial charge in [0.25, 0.3) is 0 Å². The first-order chi connectivity index (χ1) is 5.75. The molecule has 0 aliphatic heterocycles. The monoisotopic (exact) mass is 168 g/mol. The summed E-state index contributed by atoms with van der Waals surface area (Å²) in [7, 11) is 1.94. The fourth-order valence-electron chi connectivity index (χ4n) is 1.11. The normalized spacial score (nSPS) is 11.0. The van der Waals surface area contributed by atoms with Gasteiger partial charge in [0, 0.05) is 19.0 Å². The Morgan fingerprint density at radius 2 is 2.33 bits per heavy atom. The Hall–Kier alpha value is -0.900. The van der Waals surface area contributed by atoms with Crippen LogP contribution in [0.15, 0.2) is 6.33 Å². The van der Waals surface area contributed by atoms with E-state index in [1.807, 2.05) is 7.05 Å². The zero-order chi connectivity index (χ0) is 8.97. The number of hydrogen-bond acceptors (Lipinski definition) is 3. The highest BCUT2D eigenvalue weighted by molar-refractivity contribution is 4.88. The maximum Gasteiger partial charge on any atom is 0.134 e. The van der Waals surface area contributed by atoms with E-state index >= 15 is 0 Å². The van der Waals surface area contributed by atoms with Gasteiger partial charge in [0.15, 0.2) is 0 Å².